The summed E-state index contributed by atoms with van der Waals surface area (Å²) in [5.41, 5.74) is 0. The van der Waals surface area contributed by atoms with Crippen molar-refractivity contribution >= 4 is 0 Å². The molecule has 1 saturated carbocycles. The molecule has 0 radical (unpaired) electrons. The van der Waals surface area contributed by atoms with E-state index in [1.165, 1.54) is 25.7 Å². The molecule has 0 aromatic heterocycles. The van der Waals surface area contributed by atoms with Gasteiger partial charge in [0.2, 0.25) is 0 Å². The van der Waals surface area contributed by atoms with Gasteiger partial charge in [-0.1, -0.05) is 12.8 Å². The summed E-state index contributed by atoms with van der Waals surface area (Å²) in [5.74, 6) is 0. The Morgan fingerprint density at radius 3 is 2.69 bits per heavy atom. The Kier molecular flexibility index (Phi) is 3.19. The average molecular weight is 184 g/mol. The van der Waals surface area contributed by atoms with Crippen LogP contribution in [0.3, 0.4) is 0 Å². The SMILES string of the molecule is O[C@H]1CN[C@H](CNC2CCCC2)C1. The van der Waals surface area contributed by atoms with Crippen LogP contribution in [0.5, 0.6) is 0 Å². The van der Waals surface area contributed by atoms with E-state index >= 15 is 0 Å². The molecule has 1 aliphatic carbocycles. The number of β-amino-alcohol motifs (C(OH)–C–C–N with tert-alkyl or cyclic N) is 1. The van der Waals surface area contributed by atoms with Crippen molar-refractivity contribution < 1.29 is 5.11 Å². The second-order valence-corrected chi connectivity index (χ2v) is 4.38. The first-order valence-electron chi connectivity index (χ1n) is 5.49. The minimum Gasteiger partial charge on any atom is -0.392 e. The third-order valence-electron chi connectivity index (χ3n) is 3.21. The Morgan fingerprint density at radius 2 is 2.08 bits per heavy atom. The zero-order valence-corrected chi connectivity index (χ0v) is 8.13. The van der Waals surface area contributed by atoms with E-state index in [2.05, 4.69) is 10.6 Å². The minimum absolute atomic E-state index is 0.115. The van der Waals surface area contributed by atoms with Crippen molar-refractivity contribution in [2.45, 2.75) is 50.3 Å². The fourth-order valence-corrected chi connectivity index (χ4v) is 2.39. The Labute approximate surface area is 79.9 Å². The second kappa shape index (κ2) is 4.40. The molecule has 0 aromatic rings. The molecule has 2 aliphatic rings. The maximum atomic E-state index is 9.30. The largest absolute Gasteiger partial charge is 0.392 e. The van der Waals surface area contributed by atoms with E-state index in [1.807, 2.05) is 0 Å². The van der Waals surface area contributed by atoms with E-state index in [1.54, 1.807) is 0 Å². The maximum absolute atomic E-state index is 9.30. The molecular formula is C10H20N2O. The molecular weight excluding hydrogens is 164 g/mol. The molecule has 13 heavy (non-hydrogen) atoms. The highest BCUT2D eigenvalue weighted by Gasteiger charge is 2.23. The third kappa shape index (κ3) is 2.66. The van der Waals surface area contributed by atoms with Crippen molar-refractivity contribution in [1.29, 1.82) is 0 Å². The summed E-state index contributed by atoms with van der Waals surface area (Å²) in [5, 5.41) is 16.2. The number of aliphatic hydroxyl groups excluding tert-OH is 1. The summed E-state index contributed by atoms with van der Waals surface area (Å²) in [6.07, 6.45) is 6.26. The van der Waals surface area contributed by atoms with Crippen molar-refractivity contribution in [1.82, 2.24) is 10.6 Å². The standard InChI is InChI=1S/C10H20N2O/c13-10-5-9(12-7-10)6-11-8-3-1-2-4-8/h8-13H,1-7H2/t9-,10+/m0/s1. The predicted octanol–water partition coefficient (Wildman–Crippen LogP) is 0.241. The van der Waals surface area contributed by atoms with E-state index in [4.69, 9.17) is 0 Å². The number of hydrogen-bond acceptors (Lipinski definition) is 3. The van der Waals surface area contributed by atoms with Crippen LogP contribution in [0.1, 0.15) is 32.1 Å². The number of hydrogen-bond donors (Lipinski definition) is 3. The smallest absolute Gasteiger partial charge is 0.0680 e. The highest BCUT2D eigenvalue weighted by atomic mass is 16.3. The average Bonchev–Trinajstić information content (AvgIpc) is 2.71. The summed E-state index contributed by atoms with van der Waals surface area (Å²) in [6, 6.07) is 1.25. The van der Waals surface area contributed by atoms with Gasteiger partial charge in [0.25, 0.3) is 0 Å². The quantitative estimate of drug-likeness (QED) is 0.589. The summed E-state index contributed by atoms with van der Waals surface area (Å²) in [6.45, 7) is 1.80. The van der Waals surface area contributed by atoms with Gasteiger partial charge in [0.15, 0.2) is 0 Å². The van der Waals surface area contributed by atoms with Crippen LogP contribution in [0, 0.1) is 0 Å². The van der Waals surface area contributed by atoms with Crippen molar-refractivity contribution in [3.63, 3.8) is 0 Å². The summed E-state index contributed by atoms with van der Waals surface area (Å²) in [7, 11) is 0. The van der Waals surface area contributed by atoms with Gasteiger partial charge in [0.05, 0.1) is 6.10 Å². The Morgan fingerprint density at radius 1 is 1.31 bits per heavy atom. The van der Waals surface area contributed by atoms with Gasteiger partial charge in [-0.25, -0.2) is 0 Å². The Hall–Kier alpha value is -0.120. The second-order valence-electron chi connectivity index (χ2n) is 4.38. The molecule has 0 bridgehead atoms. The van der Waals surface area contributed by atoms with E-state index in [-0.39, 0.29) is 6.10 Å². The van der Waals surface area contributed by atoms with Gasteiger partial charge < -0.3 is 15.7 Å². The van der Waals surface area contributed by atoms with Crippen LogP contribution in [-0.4, -0.2) is 36.4 Å². The normalized spacial score (nSPS) is 35.8. The molecule has 3 heteroatoms. The van der Waals surface area contributed by atoms with Gasteiger partial charge in [-0.05, 0) is 19.3 Å². The van der Waals surface area contributed by atoms with Gasteiger partial charge in [-0.15, -0.1) is 0 Å². The van der Waals surface area contributed by atoms with Crippen LogP contribution < -0.4 is 10.6 Å². The first kappa shape index (κ1) is 9.44. The molecule has 1 saturated heterocycles. The van der Waals surface area contributed by atoms with Crippen LogP contribution in [0.2, 0.25) is 0 Å². The molecule has 2 atom stereocenters. The topological polar surface area (TPSA) is 44.3 Å². The fourth-order valence-electron chi connectivity index (χ4n) is 2.39. The van der Waals surface area contributed by atoms with Crippen LogP contribution in [-0.2, 0) is 0 Å². The van der Waals surface area contributed by atoms with Gasteiger partial charge in [-0.2, -0.15) is 0 Å². The molecule has 3 nitrogen and oxygen atoms in total. The van der Waals surface area contributed by atoms with Gasteiger partial charge in [0.1, 0.15) is 0 Å². The zero-order chi connectivity index (χ0) is 9.10. The summed E-state index contributed by atoms with van der Waals surface area (Å²) < 4.78 is 0. The van der Waals surface area contributed by atoms with Crippen molar-refractivity contribution in [3.8, 4) is 0 Å². The number of aliphatic hydroxyl groups is 1. The van der Waals surface area contributed by atoms with E-state index in [9.17, 15) is 5.11 Å². The Bertz CT molecular complexity index is 157. The van der Waals surface area contributed by atoms with Crippen LogP contribution in [0.15, 0.2) is 0 Å². The predicted molar refractivity (Wildman–Crippen MR) is 52.7 cm³/mol. The lowest BCUT2D eigenvalue weighted by Gasteiger charge is -2.15. The zero-order valence-electron chi connectivity index (χ0n) is 8.13. The lowest BCUT2D eigenvalue weighted by Crippen LogP contribution is -2.38. The lowest BCUT2D eigenvalue weighted by atomic mass is 10.2. The molecule has 0 aromatic carbocycles. The highest BCUT2D eigenvalue weighted by molar-refractivity contribution is 4.84. The van der Waals surface area contributed by atoms with Crippen LogP contribution >= 0.6 is 0 Å². The van der Waals surface area contributed by atoms with E-state index in [0.29, 0.717) is 6.04 Å². The molecule has 0 spiro atoms. The van der Waals surface area contributed by atoms with Gasteiger partial charge >= 0.3 is 0 Å². The molecule has 1 heterocycles. The molecule has 2 fully saturated rings. The molecule has 0 unspecified atom stereocenters. The molecule has 76 valence electrons. The fraction of sp³-hybridized carbons (Fsp3) is 1.00. The lowest BCUT2D eigenvalue weighted by molar-refractivity contribution is 0.193. The monoisotopic (exact) mass is 184 g/mol. The third-order valence-corrected chi connectivity index (χ3v) is 3.21. The molecule has 2 rings (SSSR count). The number of nitrogens with one attached hydrogen (secondary N) is 2. The van der Waals surface area contributed by atoms with E-state index in [0.717, 1.165) is 25.6 Å². The summed E-state index contributed by atoms with van der Waals surface area (Å²) >= 11 is 0. The van der Waals surface area contributed by atoms with Gasteiger partial charge in [0, 0.05) is 25.2 Å². The highest BCUT2D eigenvalue weighted by Crippen LogP contribution is 2.17. The molecule has 3 N–H and O–H groups in total. The molecule has 0 amide bonds. The number of rotatable bonds is 3. The van der Waals surface area contributed by atoms with Gasteiger partial charge in [-0.3, -0.25) is 0 Å². The summed E-state index contributed by atoms with van der Waals surface area (Å²) in [4.78, 5) is 0. The van der Waals surface area contributed by atoms with Crippen LogP contribution in [0.25, 0.3) is 0 Å². The first-order chi connectivity index (χ1) is 6.34. The van der Waals surface area contributed by atoms with Crippen LogP contribution in [0.4, 0.5) is 0 Å². The molecule has 1 aliphatic heterocycles. The van der Waals surface area contributed by atoms with Crippen molar-refractivity contribution in [2.75, 3.05) is 13.1 Å². The maximum Gasteiger partial charge on any atom is 0.0680 e. The first-order valence-corrected chi connectivity index (χ1v) is 5.49. The van der Waals surface area contributed by atoms with Crippen molar-refractivity contribution in [3.05, 3.63) is 0 Å². The Balaban J connectivity index is 1.62. The minimum atomic E-state index is -0.115. The van der Waals surface area contributed by atoms with E-state index < -0.39 is 0 Å². The van der Waals surface area contributed by atoms with Crippen molar-refractivity contribution in [2.24, 2.45) is 0 Å².